The molecule has 0 saturated heterocycles. The molecular formula is C15H12F6N3O2-. The molecule has 0 amide bonds. The standard InChI is InChI=1S/C10H8F6N.C5H4N2O2/c1-17-5-6-2-7(9(11,12)13)4-8(3-6)10(14,15)16;8-5(9)4-1-6-3-7-2-4/h2-4H,5H2,1H3;1-3H,(H,8,9)/q-1;. The second kappa shape index (κ2) is 8.61. The Morgan fingerprint density at radius 1 is 1.00 bits per heavy atom. The lowest BCUT2D eigenvalue weighted by molar-refractivity contribution is -0.143. The maximum absolute atomic E-state index is 12.4. The smallest absolute Gasteiger partial charge is 0.416 e. The zero-order valence-corrected chi connectivity index (χ0v) is 13.1. The number of aromatic carboxylic acids is 1. The summed E-state index contributed by atoms with van der Waals surface area (Å²) in [5.74, 6) is -1.00. The molecule has 0 atom stereocenters. The van der Waals surface area contributed by atoms with Gasteiger partial charge in [0.1, 0.15) is 6.33 Å². The van der Waals surface area contributed by atoms with Gasteiger partial charge in [0, 0.05) is 12.4 Å². The van der Waals surface area contributed by atoms with E-state index in [1.807, 2.05) is 0 Å². The van der Waals surface area contributed by atoms with Gasteiger partial charge in [0.2, 0.25) is 0 Å². The van der Waals surface area contributed by atoms with Crippen molar-refractivity contribution >= 4 is 5.97 Å². The number of halogens is 6. The zero-order chi connectivity index (χ0) is 20.0. The Kier molecular flexibility index (Phi) is 7.07. The van der Waals surface area contributed by atoms with Gasteiger partial charge in [0.15, 0.2) is 0 Å². The fourth-order valence-electron chi connectivity index (χ4n) is 1.70. The fourth-order valence-corrected chi connectivity index (χ4v) is 1.70. The molecule has 0 aliphatic heterocycles. The van der Waals surface area contributed by atoms with Crippen molar-refractivity contribution in [3.63, 3.8) is 0 Å². The van der Waals surface area contributed by atoms with Crippen molar-refractivity contribution in [3.8, 4) is 0 Å². The van der Waals surface area contributed by atoms with Crippen molar-refractivity contribution in [2.24, 2.45) is 0 Å². The molecule has 1 N–H and O–H groups in total. The van der Waals surface area contributed by atoms with Crippen molar-refractivity contribution < 1.29 is 36.2 Å². The van der Waals surface area contributed by atoms with Gasteiger partial charge in [0.25, 0.3) is 0 Å². The maximum Gasteiger partial charge on any atom is 0.416 e. The van der Waals surface area contributed by atoms with E-state index < -0.39 is 29.4 Å². The Labute approximate surface area is 143 Å². The molecule has 5 nitrogen and oxygen atoms in total. The highest BCUT2D eigenvalue weighted by Crippen LogP contribution is 2.36. The van der Waals surface area contributed by atoms with Gasteiger partial charge in [-0.1, -0.05) is 5.56 Å². The van der Waals surface area contributed by atoms with Crippen molar-refractivity contribution in [2.45, 2.75) is 18.9 Å². The molecule has 0 radical (unpaired) electrons. The quantitative estimate of drug-likeness (QED) is 0.801. The van der Waals surface area contributed by atoms with E-state index in [1.165, 1.54) is 25.8 Å². The van der Waals surface area contributed by atoms with E-state index in [2.05, 4.69) is 15.3 Å². The highest BCUT2D eigenvalue weighted by Gasteiger charge is 2.36. The largest absolute Gasteiger partial charge is 0.661 e. The minimum absolute atomic E-state index is 0.0964. The van der Waals surface area contributed by atoms with Gasteiger partial charge in [-0.05, 0) is 18.2 Å². The second-order valence-corrected chi connectivity index (χ2v) is 4.82. The molecule has 1 aromatic heterocycles. The summed E-state index contributed by atoms with van der Waals surface area (Å²) in [5, 5.41) is 11.8. The number of aromatic nitrogens is 2. The zero-order valence-electron chi connectivity index (χ0n) is 13.1. The maximum atomic E-state index is 12.4. The molecule has 0 fully saturated rings. The van der Waals surface area contributed by atoms with Crippen LogP contribution < -0.4 is 0 Å². The third-order valence-electron chi connectivity index (χ3n) is 2.80. The minimum atomic E-state index is -4.80. The lowest BCUT2D eigenvalue weighted by Gasteiger charge is -2.17. The van der Waals surface area contributed by atoms with E-state index >= 15 is 0 Å². The monoisotopic (exact) mass is 380 g/mol. The summed E-state index contributed by atoms with van der Waals surface area (Å²) in [5.41, 5.74) is -2.64. The summed E-state index contributed by atoms with van der Waals surface area (Å²) >= 11 is 0. The van der Waals surface area contributed by atoms with E-state index in [0.717, 1.165) is 0 Å². The average molecular weight is 380 g/mol. The Balaban J connectivity index is 0.000000314. The number of benzene rings is 1. The predicted molar refractivity (Wildman–Crippen MR) is 78.4 cm³/mol. The van der Waals surface area contributed by atoms with Gasteiger partial charge in [-0.3, -0.25) is 0 Å². The first-order valence-corrected chi connectivity index (χ1v) is 6.77. The number of carboxylic acids is 1. The molecule has 11 heteroatoms. The number of hydrogen-bond acceptors (Lipinski definition) is 3. The predicted octanol–water partition coefficient (Wildman–Crippen LogP) is 4.40. The molecule has 0 unspecified atom stereocenters. The van der Waals surface area contributed by atoms with E-state index in [9.17, 15) is 31.1 Å². The van der Waals surface area contributed by atoms with Gasteiger partial charge in [0.05, 0.1) is 16.7 Å². The minimum Gasteiger partial charge on any atom is -0.661 e. The molecule has 2 aromatic rings. The molecule has 0 spiro atoms. The Morgan fingerprint density at radius 2 is 1.46 bits per heavy atom. The summed E-state index contributed by atoms with van der Waals surface area (Å²) < 4.78 is 74.3. The summed E-state index contributed by atoms with van der Waals surface area (Å²) in [7, 11) is 1.31. The van der Waals surface area contributed by atoms with Crippen LogP contribution in [0.3, 0.4) is 0 Å². The van der Waals surface area contributed by atoms with E-state index in [1.54, 1.807) is 0 Å². The first-order valence-electron chi connectivity index (χ1n) is 6.77. The molecule has 0 bridgehead atoms. The Morgan fingerprint density at radius 3 is 1.77 bits per heavy atom. The molecular weight excluding hydrogens is 368 g/mol. The Bertz CT molecular complexity index is 700. The molecule has 0 aliphatic carbocycles. The summed E-state index contributed by atoms with van der Waals surface area (Å²) in [6.45, 7) is -0.188. The van der Waals surface area contributed by atoms with Gasteiger partial charge in [-0.25, -0.2) is 14.8 Å². The number of rotatable bonds is 3. The summed E-state index contributed by atoms with van der Waals surface area (Å²) in [4.78, 5) is 17.1. The van der Waals surface area contributed by atoms with Crippen LogP contribution in [-0.2, 0) is 18.9 Å². The topological polar surface area (TPSA) is 77.2 Å². The summed E-state index contributed by atoms with van der Waals surface area (Å²) in [6, 6.07) is 1.43. The third kappa shape index (κ3) is 6.67. The Hall–Kier alpha value is -2.69. The fraction of sp³-hybridized carbons (Fsp3) is 0.267. The second-order valence-electron chi connectivity index (χ2n) is 4.82. The van der Waals surface area contributed by atoms with Crippen LogP contribution in [0.4, 0.5) is 26.3 Å². The van der Waals surface area contributed by atoms with Crippen molar-refractivity contribution in [3.05, 3.63) is 64.5 Å². The van der Waals surface area contributed by atoms with Crippen LogP contribution in [0.5, 0.6) is 0 Å². The molecule has 1 aromatic carbocycles. The average Bonchev–Trinajstić information content (AvgIpc) is 2.55. The summed E-state index contributed by atoms with van der Waals surface area (Å²) in [6.07, 6.45) is -5.83. The van der Waals surface area contributed by atoms with Crippen LogP contribution in [0.1, 0.15) is 27.0 Å². The molecule has 26 heavy (non-hydrogen) atoms. The lowest BCUT2D eigenvalue weighted by Crippen LogP contribution is -2.11. The van der Waals surface area contributed by atoms with Crippen LogP contribution in [0, 0.1) is 0 Å². The molecule has 0 aliphatic rings. The number of alkyl halides is 6. The lowest BCUT2D eigenvalue weighted by atomic mass is 10.0. The van der Waals surface area contributed by atoms with Gasteiger partial charge >= 0.3 is 18.3 Å². The first-order chi connectivity index (χ1) is 11.9. The highest BCUT2D eigenvalue weighted by atomic mass is 19.4. The van der Waals surface area contributed by atoms with Gasteiger partial charge in [-0.2, -0.15) is 33.4 Å². The van der Waals surface area contributed by atoms with Crippen LogP contribution in [0.15, 0.2) is 36.9 Å². The third-order valence-corrected chi connectivity index (χ3v) is 2.80. The van der Waals surface area contributed by atoms with Gasteiger partial charge in [-0.15, -0.1) is 6.54 Å². The SMILES string of the molecule is C[N-]Cc1cc(C(F)(F)F)cc(C(F)(F)F)c1.O=C(O)c1cncnc1. The van der Waals surface area contributed by atoms with Crippen LogP contribution in [0.2, 0.25) is 0 Å². The van der Waals surface area contributed by atoms with Crippen LogP contribution in [0.25, 0.3) is 5.32 Å². The van der Waals surface area contributed by atoms with E-state index in [-0.39, 0.29) is 23.7 Å². The molecule has 1 heterocycles. The number of carboxylic acid groups (broad SMARTS) is 1. The molecule has 2 rings (SSSR count). The first kappa shape index (κ1) is 21.4. The van der Waals surface area contributed by atoms with Crippen molar-refractivity contribution in [1.29, 1.82) is 0 Å². The molecule has 142 valence electrons. The van der Waals surface area contributed by atoms with Crippen molar-refractivity contribution in [2.75, 3.05) is 7.05 Å². The van der Waals surface area contributed by atoms with Crippen LogP contribution in [-0.4, -0.2) is 28.1 Å². The van der Waals surface area contributed by atoms with Gasteiger partial charge < -0.3 is 10.4 Å². The number of carbonyl (C=O) groups is 1. The van der Waals surface area contributed by atoms with Crippen molar-refractivity contribution in [1.82, 2.24) is 9.97 Å². The number of hydrogen-bond donors (Lipinski definition) is 1. The number of nitrogens with zero attached hydrogens (tertiary/aromatic N) is 3. The normalized spacial score (nSPS) is 11.5. The highest BCUT2D eigenvalue weighted by molar-refractivity contribution is 5.86. The van der Waals surface area contributed by atoms with Crippen LogP contribution >= 0.6 is 0 Å². The molecule has 0 saturated carbocycles. The van der Waals surface area contributed by atoms with E-state index in [4.69, 9.17) is 5.11 Å². The van der Waals surface area contributed by atoms with E-state index in [0.29, 0.717) is 12.1 Å².